The first-order valence-electron chi connectivity index (χ1n) is 4.45. The molecule has 0 amide bonds. The third-order valence-electron chi connectivity index (χ3n) is 1.93. The molecule has 0 radical (unpaired) electrons. The second-order valence-corrected chi connectivity index (χ2v) is 4.43. The maximum atomic E-state index is 11.2. The van der Waals surface area contributed by atoms with Gasteiger partial charge in [0, 0.05) is 4.90 Å². The zero-order chi connectivity index (χ0) is 10.6. The fourth-order valence-corrected chi connectivity index (χ4v) is 2.08. The molecule has 1 unspecified atom stereocenters. The molecule has 14 heavy (non-hydrogen) atoms. The number of esters is 1. The van der Waals surface area contributed by atoms with E-state index in [4.69, 9.17) is 0 Å². The number of hydrogen-bond donors (Lipinski definition) is 0. The summed E-state index contributed by atoms with van der Waals surface area (Å²) in [5.41, 5.74) is 1.19. The lowest BCUT2D eigenvalue weighted by molar-refractivity contribution is -0.139. The summed E-state index contributed by atoms with van der Waals surface area (Å²) < 4.78 is 4.66. The Hall–Kier alpha value is -0.960. The van der Waals surface area contributed by atoms with Gasteiger partial charge in [-0.05, 0) is 25.5 Å². The van der Waals surface area contributed by atoms with E-state index in [0.29, 0.717) is 0 Å². The van der Waals surface area contributed by atoms with Crippen LogP contribution >= 0.6 is 11.8 Å². The van der Waals surface area contributed by atoms with Crippen LogP contribution in [0.15, 0.2) is 29.2 Å². The first-order valence-corrected chi connectivity index (χ1v) is 5.33. The van der Waals surface area contributed by atoms with Crippen LogP contribution in [0, 0.1) is 6.92 Å². The molecule has 76 valence electrons. The molecule has 2 nitrogen and oxygen atoms in total. The number of carbonyl (C=O) groups is 1. The van der Waals surface area contributed by atoms with Crippen LogP contribution in [0.25, 0.3) is 0 Å². The van der Waals surface area contributed by atoms with Crippen LogP contribution in [0.5, 0.6) is 0 Å². The van der Waals surface area contributed by atoms with Gasteiger partial charge in [-0.1, -0.05) is 18.2 Å². The van der Waals surface area contributed by atoms with E-state index in [-0.39, 0.29) is 11.2 Å². The number of aryl methyl sites for hydroxylation is 1. The molecular weight excluding hydrogens is 196 g/mol. The van der Waals surface area contributed by atoms with Crippen LogP contribution in [0.4, 0.5) is 0 Å². The van der Waals surface area contributed by atoms with Crippen LogP contribution < -0.4 is 0 Å². The Morgan fingerprint density at radius 2 is 2.07 bits per heavy atom. The molecule has 0 heterocycles. The minimum absolute atomic E-state index is 0.152. The summed E-state index contributed by atoms with van der Waals surface area (Å²) in [6.07, 6.45) is 0. The lowest BCUT2D eigenvalue weighted by Gasteiger charge is -2.10. The van der Waals surface area contributed by atoms with Gasteiger partial charge in [0.2, 0.25) is 0 Å². The van der Waals surface area contributed by atoms with Crippen molar-refractivity contribution >= 4 is 17.7 Å². The van der Waals surface area contributed by atoms with Gasteiger partial charge in [0.1, 0.15) is 5.25 Å². The average Bonchev–Trinajstić information content (AvgIpc) is 2.20. The molecule has 0 bridgehead atoms. The molecule has 1 atom stereocenters. The second kappa shape index (κ2) is 5.05. The molecule has 0 spiro atoms. The van der Waals surface area contributed by atoms with E-state index in [0.717, 1.165) is 4.90 Å². The molecule has 1 rings (SSSR count). The van der Waals surface area contributed by atoms with E-state index in [1.807, 2.05) is 38.1 Å². The summed E-state index contributed by atoms with van der Waals surface area (Å²) in [5.74, 6) is -0.182. The average molecular weight is 210 g/mol. The van der Waals surface area contributed by atoms with E-state index in [1.165, 1.54) is 24.4 Å². The van der Waals surface area contributed by atoms with Crippen molar-refractivity contribution in [1.29, 1.82) is 0 Å². The maximum absolute atomic E-state index is 11.2. The van der Waals surface area contributed by atoms with Crippen molar-refractivity contribution < 1.29 is 9.53 Å². The van der Waals surface area contributed by atoms with Gasteiger partial charge in [-0.25, -0.2) is 0 Å². The number of rotatable bonds is 3. The summed E-state index contributed by atoms with van der Waals surface area (Å²) in [6.45, 7) is 3.88. The minimum atomic E-state index is -0.182. The third kappa shape index (κ3) is 2.77. The Balaban J connectivity index is 2.69. The molecule has 0 N–H and O–H groups in total. The summed E-state index contributed by atoms with van der Waals surface area (Å²) in [6, 6.07) is 8.01. The maximum Gasteiger partial charge on any atom is 0.318 e. The van der Waals surface area contributed by atoms with E-state index in [9.17, 15) is 4.79 Å². The van der Waals surface area contributed by atoms with E-state index < -0.39 is 0 Å². The Kier molecular flexibility index (Phi) is 4.01. The molecule has 3 heteroatoms. The molecule has 0 aliphatic heterocycles. The zero-order valence-electron chi connectivity index (χ0n) is 8.61. The van der Waals surface area contributed by atoms with Crippen LogP contribution in [0.2, 0.25) is 0 Å². The quantitative estimate of drug-likeness (QED) is 0.566. The number of methoxy groups -OCH3 is 1. The predicted octanol–water partition coefficient (Wildman–Crippen LogP) is 2.65. The number of hydrogen-bond acceptors (Lipinski definition) is 3. The second-order valence-electron chi connectivity index (χ2n) is 3.05. The molecule has 1 aromatic carbocycles. The Bertz CT molecular complexity index is 323. The molecule has 0 aliphatic rings. The van der Waals surface area contributed by atoms with Crippen molar-refractivity contribution in [2.24, 2.45) is 0 Å². The standard InChI is InChI=1S/C11H14O2S/c1-8-6-4-5-7-10(8)14-9(2)11(12)13-3/h4-7,9H,1-3H3. The smallest absolute Gasteiger partial charge is 0.318 e. The van der Waals surface area contributed by atoms with Gasteiger partial charge >= 0.3 is 5.97 Å². The summed E-state index contributed by atoms with van der Waals surface area (Å²) in [5, 5.41) is -0.152. The molecule has 0 saturated carbocycles. The fourth-order valence-electron chi connectivity index (χ4n) is 1.09. The van der Waals surface area contributed by atoms with Gasteiger partial charge in [-0.15, -0.1) is 11.8 Å². The van der Waals surface area contributed by atoms with Crippen molar-refractivity contribution in [2.75, 3.05) is 7.11 Å². The van der Waals surface area contributed by atoms with Gasteiger partial charge in [-0.3, -0.25) is 4.79 Å². The third-order valence-corrected chi connectivity index (χ3v) is 3.19. The molecule has 0 aromatic heterocycles. The van der Waals surface area contributed by atoms with Crippen molar-refractivity contribution in [3.05, 3.63) is 29.8 Å². The SMILES string of the molecule is COC(=O)C(C)Sc1ccccc1C. The number of ether oxygens (including phenoxy) is 1. The number of thioether (sulfide) groups is 1. The molecule has 0 fully saturated rings. The largest absolute Gasteiger partial charge is 0.468 e. The normalized spacial score (nSPS) is 12.2. The van der Waals surface area contributed by atoms with Crippen molar-refractivity contribution in [3.8, 4) is 0 Å². The number of carbonyl (C=O) groups excluding carboxylic acids is 1. The highest BCUT2D eigenvalue weighted by atomic mass is 32.2. The van der Waals surface area contributed by atoms with Crippen molar-refractivity contribution in [2.45, 2.75) is 24.0 Å². The summed E-state index contributed by atoms with van der Waals surface area (Å²) in [7, 11) is 1.41. The molecule has 1 aromatic rings. The highest BCUT2D eigenvalue weighted by Crippen LogP contribution is 2.26. The monoisotopic (exact) mass is 210 g/mol. The Morgan fingerprint density at radius 1 is 1.43 bits per heavy atom. The Morgan fingerprint density at radius 3 is 2.64 bits per heavy atom. The van der Waals surface area contributed by atoms with Crippen molar-refractivity contribution in [1.82, 2.24) is 0 Å². The van der Waals surface area contributed by atoms with Crippen LogP contribution in [-0.4, -0.2) is 18.3 Å². The van der Waals surface area contributed by atoms with Gasteiger partial charge in [-0.2, -0.15) is 0 Å². The molecule has 0 aliphatic carbocycles. The molecular formula is C11H14O2S. The van der Waals surface area contributed by atoms with Gasteiger partial charge in [0.15, 0.2) is 0 Å². The topological polar surface area (TPSA) is 26.3 Å². The zero-order valence-corrected chi connectivity index (χ0v) is 9.43. The van der Waals surface area contributed by atoms with Gasteiger partial charge in [0.25, 0.3) is 0 Å². The Labute approximate surface area is 88.7 Å². The fraction of sp³-hybridized carbons (Fsp3) is 0.364. The predicted molar refractivity (Wildman–Crippen MR) is 58.5 cm³/mol. The summed E-state index contributed by atoms with van der Waals surface area (Å²) in [4.78, 5) is 12.3. The first kappa shape index (κ1) is 11.1. The van der Waals surface area contributed by atoms with Crippen LogP contribution in [0.1, 0.15) is 12.5 Å². The van der Waals surface area contributed by atoms with Gasteiger partial charge in [0.05, 0.1) is 7.11 Å². The highest BCUT2D eigenvalue weighted by Gasteiger charge is 2.14. The van der Waals surface area contributed by atoms with E-state index in [1.54, 1.807) is 0 Å². The summed E-state index contributed by atoms with van der Waals surface area (Å²) >= 11 is 1.53. The first-order chi connectivity index (χ1) is 6.65. The molecule has 0 saturated heterocycles. The highest BCUT2D eigenvalue weighted by molar-refractivity contribution is 8.00. The minimum Gasteiger partial charge on any atom is -0.468 e. The van der Waals surface area contributed by atoms with Crippen molar-refractivity contribution in [3.63, 3.8) is 0 Å². The van der Waals surface area contributed by atoms with Gasteiger partial charge < -0.3 is 4.74 Å². The lowest BCUT2D eigenvalue weighted by Crippen LogP contribution is -2.14. The lowest BCUT2D eigenvalue weighted by atomic mass is 10.2. The van der Waals surface area contributed by atoms with Crippen LogP contribution in [0.3, 0.4) is 0 Å². The van der Waals surface area contributed by atoms with Crippen LogP contribution in [-0.2, 0) is 9.53 Å². The van der Waals surface area contributed by atoms with E-state index in [2.05, 4.69) is 4.74 Å². The number of benzene rings is 1. The van der Waals surface area contributed by atoms with E-state index >= 15 is 0 Å².